The van der Waals surface area contributed by atoms with E-state index in [-0.39, 0.29) is 43.9 Å². The minimum atomic E-state index is -1.88. The maximum absolute atomic E-state index is 16.2. The number of carbonyl (C=O) groups is 2. The van der Waals surface area contributed by atoms with Crippen molar-refractivity contribution in [1.82, 2.24) is 10.2 Å². The summed E-state index contributed by atoms with van der Waals surface area (Å²) in [6.45, 7) is 6.04. The fraction of sp³-hybridized carbons (Fsp3) is 0.462. The molecule has 3 aromatic rings. The van der Waals surface area contributed by atoms with E-state index in [4.69, 9.17) is 33.0 Å². The lowest BCUT2D eigenvalue weighted by atomic mass is 9.59. The van der Waals surface area contributed by atoms with Gasteiger partial charge in [-0.15, -0.1) is 0 Å². The maximum atomic E-state index is 16.2. The highest BCUT2D eigenvalue weighted by atomic mass is 35.5. The summed E-state index contributed by atoms with van der Waals surface area (Å²) in [4.78, 5) is 28.9. The Morgan fingerprint density at radius 2 is 1.69 bits per heavy atom. The maximum Gasteiger partial charge on any atom is 0.253 e. The molecule has 0 aliphatic carbocycles. The minimum Gasteiger partial charge on any atom is -0.495 e. The lowest BCUT2D eigenvalue weighted by molar-refractivity contribution is -0.118. The van der Waals surface area contributed by atoms with Gasteiger partial charge in [-0.3, -0.25) is 9.59 Å². The number of benzene rings is 3. The van der Waals surface area contributed by atoms with Gasteiger partial charge in [0.1, 0.15) is 41.8 Å². The molecule has 2 amide bonds. The van der Waals surface area contributed by atoms with E-state index in [1.807, 2.05) is 20.8 Å². The van der Waals surface area contributed by atoms with Gasteiger partial charge in [-0.2, -0.15) is 0 Å². The SMILES string of the molecule is COc1cc(C(=O)N(C)C[C@H](O)[C@@H](O)[C@H](O)[C@H](O)CO)ccc1NC(=O)[C@@H]1N[C@@H](CC(C)(C)C)[C@](C(C)=N)(c2ccc(Cl)cc2F)[C@H]1c1cccc(Cl)c1F. The van der Waals surface area contributed by atoms with E-state index in [9.17, 15) is 35.4 Å². The van der Waals surface area contributed by atoms with Crippen molar-refractivity contribution in [2.75, 3.05) is 32.6 Å². The predicted molar refractivity (Wildman–Crippen MR) is 205 cm³/mol. The first kappa shape index (κ1) is 44.0. The normalized spacial score (nSPS) is 22.1. The van der Waals surface area contributed by atoms with Gasteiger partial charge in [0.2, 0.25) is 5.91 Å². The van der Waals surface area contributed by atoms with Crippen LogP contribution in [0.25, 0.3) is 0 Å². The number of halogens is 4. The molecule has 3 aromatic carbocycles. The van der Waals surface area contributed by atoms with Crippen LogP contribution in [0.4, 0.5) is 14.5 Å². The number of methoxy groups -OCH3 is 1. The third-order valence-corrected chi connectivity index (χ3v) is 10.5. The number of rotatable bonds is 14. The van der Waals surface area contributed by atoms with Crippen molar-refractivity contribution in [1.29, 1.82) is 5.41 Å². The van der Waals surface area contributed by atoms with Crippen LogP contribution in [0.5, 0.6) is 5.75 Å². The summed E-state index contributed by atoms with van der Waals surface area (Å²) in [5.41, 5.74) is -1.87. The van der Waals surface area contributed by atoms with E-state index in [0.29, 0.717) is 6.42 Å². The zero-order chi connectivity index (χ0) is 41.2. The summed E-state index contributed by atoms with van der Waals surface area (Å²) in [5, 5.41) is 64.5. The Morgan fingerprint density at radius 1 is 1.04 bits per heavy atom. The van der Waals surface area contributed by atoms with Crippen molar-refractivity contribution in [3.8, 4) is 5.75 Å². The van der Waals surface area contributed by atoms with E-state index in [0.717, 1.165) is 11.0 Å². The molecule has 0 radical (unpaired) electrons. The van der Waals surface area contributed by atoms with Crippen molar-refractivity contribution in [2.45, 2.75) is 81.9 Å². The fourth-order valence-electron chi connectivity index (χ4n) is 7.44. The minimum absolute atomic E-state index is 0.0147. The lowest BCUT2D eigenvalue weighted by Gasteiger charge is -2.42. The molecule has 8 N–H and O–H groups in total. The Balaban J connectivity index is 1.76. The second-order valence-electron chi connectivity index (χ2n) is 15.1. The van der Waals surface area contributed by atoms with Crippen LogP contribution in [0, 0.1) is 22.5 Å². The number of hydrogen-bond acceptors (Lipinski definition) is 10. The Morgan fingerprint density at radius 3 is 2.27 bits per heavy atom. The van der Waals surface area contributed by atoms with Crippen LogP contribution in [0.15, 0.2) is 54.6 Å². The molecule has 8 atom stereocenters. The highest BCUT2D eigenvalue weighted by Gasteiger charge is 2.61. The number of nitrogens with one attached hydrogen (secondary N) is 3. The standard InChI is InChI=1S/C39H48Cl2F2N4O8/c1-19(44)39(23-12-11-21(40)15-25(23)42)30(16-38(2,3)4)46-33(31(39)22-8-7-9-24(41)32(22)43)36(53)45-26-13-10-20(14-29(26)55-6)37(54)47(5)17-27(49)34(51)35(52)28(50)18-48/h7-15,27-28,30-31,33-35,44,46,48-52H,16-18H2,1-6H3,(H,45,53)/t27-,28+,30-,31-,33+,34+,35+,39-/m0/s1. The smallest absolute Gasteiger partial charge is 0.253 e. The Hall–Kier alpha value is -3.73. The summed E-state index contributed by atoms with van der Waals surface area (Å²) in [6, 6.07) is 10.4. The van der Waals surface area contributed by atoms with Crippen molar-refractivity contribution >= 4 is 46.4 Å². The highest BCUT2D eigenvalue weighted by Crippen LogP contribution is 2.54. The molecule has 0 saturated carbocycles. The molecule has 1 aliphatic rings. The molecule has 1 heterocycles. The van der Waals surface area contributed by atoms with Gasteiger partial charge in [-0.25, -0.2) is 8.78 Å². The molecular weight excluding hydrogens is 761 g/mol. The summed E-state index contributed by atoms with van der Waals surface area (Å²) >= 11 is 12.5. The van der Waals surface area contributed by atoms with Gasteiger partial charge in [0.15, 0.2) is 0 Å². The first-order valence-electron chi connectivity index (χ1n) is 17.5. The van der Waals surface area contributed by atoms with Crippen LogP contribution >= 0.6 is 23.2 Å². The van der Waals surface area contributed by atoms with Crippen LogP contribution < -0.4 is 15.4 Å². The van der Waals surface area contributed by atoms with Crippen LogP contribution in [-0.4, -0.2) is 112 Å². The zero-order valence-electron chi connectivity index (χ0n) is 31.3. The predicted octanol–water partition coefficient (Wildman–Crippen LogP) is 4.26. The fourth-order valence-corrected chi connectivity index (χ4v) is 7.78. The summed E-state index contributed by atoms with van der Waals surface area (Å²) in [7, 11) is 2.63. The van der Waals surface area contributed by atoms with E-state index in [2.05, 4.69) is 10.6 Å². The number of ether oxygens (including phenoxy) is 1. The average molecular weight is 810 g/mol. The van der Waals surface area contributed by atoms with E-state index < -0.39 is 89.8 Å². The quantitative estimate of drug-likeness (QED) is 0.110. The van der Waals surface area contributed by atoms with Crippen LogP contribution in [0.2, 0.25) is 10.0 Å². The topological polar surface area (TPSA) is 196 Å². The average Bonchev–Trinajstić information content (AvgIpc) is 3.45. The van der Waals surface area contributed by atoms with Gasteiger partial charge in [-0.05, 0) is 60.7 Å². The van der Waals surface area contributed by atoms with E-state index in [1.54, 1.807) is 0 Å². The Labute approximate surface area is 328 Å². The number of nitrogens with zero attached hydrogens (tertiary/aromatic N) is 1. The van der Waals surface area contributed by atoms with Gasteiger partial charge >= 0.3 is 0 Å². The van der Waals surface area contributed by atoms with Crippen LogP contribution in [-0.2, 0) is 10.2 Å². The van der Waals surface area contributed by atoms with Gasteiger partial charge in [0.25, 0.3) is 5.91 Å². The van der Waals surface area contributed by atoms with Gasteiger partial charge in [0, 0.05) is 47.4 Å². The molecule has 1 aliphatic heterocycles. The molecule has 55 heavy (non-hydrogen) atoms. The Bertz CT molecular complexity index is 1900. The number of anilines is 1. The highest BCUT2D eigenvalue weighted by molar-refractivity contribution is 6.31. The molecule has 0 spiro atoms. The third kappa shape index (κ3) is 9.13. The largest absolute Gasteiger partial charge is 0.495 e. The lowest BCUT2D eigenvalue weighted by Crippen LogP contribution is -2.50. The molecule has 0 bridgehead atoms. The number of likely N-dealkylation sites (N-methyl/N-ethyl adjacent to an activating group) is 1. The number of amides is 2. The van der Waals surface area contributed by atoms with Crippen LogP contribution in [0.3, 0.4) is 0 Å². The third-order valence-electron chi connectivity index (χ3n) is 10.0. The molecule has 0 unspecified atom stereocenters. The zero-order valence-corrected chi connectivity index (χ0v) is 32.8. The van der Waals surface area contributed by atoms with Crippen molar-refractivity contribution < 1.29 is 48.6 Å². The molecule has 0 aromatic heterocycles. The first-order chi connectivity index (χ1) is 25.7. The first-order valence-corrected chi connectivity index (χ1v) is 18.2. The Kier molecular flexibility index (Phi) is 14.1. The van der Waals surface area contributed by atoms with Gasteiger partial charge in [-0.1, -0.05) is 62.2 Å². The van der Waals surface area contributed by atoms with Crippen LogP contribution in [0.1, 0.15) is 61.5 Å². The summed E-state index contributed by atoms with van der Waals surface area (Å²) < 4.78 is 37.9. The van der Waals surface area contributed by atoms with Gasteiger partial charge in [0.05, 0.1) is 35.9 Å². The molecule has 1 saturated heterocycles. The van der Waals surface area contributed by atoms with E-state index in [1.165, 1.54) is 69.6 Å². The monoisotopic (exact) mass is 808 g/mol. The molecule has 16 heteroatoms. The number of carbonyl (C=O) groups excluding carboxylic acids is 2. The number of hydrogen-bond donors (Lipinski definition) is 8. The molecule has 300 valence electrons. The molecule has 12 nitrogen and oxygen atoms in total. The van der Waals surface area contributed by atoms with Crippen molar-refractivity contribution in [3.05, 3.63) is 93.0 Å². The number of aliphatic hydroxyl groups is 5. The van der Waals surface area contributed by atoms with Gasteiger partial charge < -0.3 is 51.2 Å². The van der Waals surface area contributed by atoms with Crippen molar-refractivity contribution in [2.24, 2.45) is 5.41 Å². The second-order valence-corrected chi connectivity index (χ2v) is 15.9. The number of aliphatic hydroxyl groups excluding tert-OH is 5. The summed E-state index contributed by atoms with van der Waals surface area (Å²) in [6.07, 6.45) is -6.84. The molecular formula is C39H48Cl2F2N4O8. The molecule has 4 rings (SSSR count). The second kappa shape index (κ2) is 17.6. The van der Waals surface area contributed by atoms with Crippen molar-refractivity contribution in [3.63, 3.8) is 0 Å². The molecule has 1 fully saturated rings. The van der Waals surface area contributed by atoms with E-state index >= 15 is 8.78 Å². The summed E-state index contributed by atoms with van der Waals surface area (Å²) in [5.74, 6) is -4.06.